The van der Waals surface area contributed by atoms with Crippen molar-refractivity contribution in [3.05, 3.63) is 0 Å². The van der Waals surface area contributed by atoms with Crippen LogP contribution in [-0.2, 0) is 4.79 Å². The van der Waals surface area contributed by atoms with Crippen molar-refractivity contribution in [1.82, 2.24) is 10.2 Å². The van der Waals surface area contributed by atoms with Gasteiger partial charge in [0.25, 0.3) is 0 Å². The third kappa shape index (κ3) is 3.66. The first-order valence-corrected chi connectivity index (χ1v) is 5.68. The molecule has 3 nitrogen and oxygen atoms in total. The minimum atomic E-state index is 0.214. The molecule has 1 aliphatic rings. The Hall–Kier alpha value is -0.570. The Balaban J connectivity index is 2.06. The lowest BCUT2D eigenvalue weighted by Crippen LogP contribution is -2.36. The predicted molar refractivity (Wildman–Crippen MR) is 58.1 cm³/mol. The van der Waals surface area contributed by atoms with Crippen LogP contribution in [0.25, 0.3) is 0 Å². The molecule has 0 aromatic carbocycles. The van der Waals surface area contributed by atoms with Crippen LogP contribution in [-0.4, -0.2) is 37.5 Å². The Morgan fingerprint density at radius 1 is 1.50 bits per heavy atom. The first kappa shape index (κ1) is 11.5. The normalized spacial score (nSPS) is 16.4. The Morgan fingerprint density at radius 3 is 2.71 bits per heavy atom. The smallest absolute Gasteiger partial charge is 0.236 e. The van der Waals surface area contributed by atoms with Gasteiger partial charge in [-0.05, 0) is 18.9 Å². The lowest BCUT2D eigenvalue weighted by Gasteiger charge is -2.27. The predicted octanol–water partition coefficient (Wildman–Crippen LogP) is 1.24. The standard InChI is InChI=1S/C11H22N2O/c1-3-12-9-11(14)13(2)8-7-10-5-4-6-10/h10,12H,3-9H2,1-2H3. The van der Waals surface area contributed by atoms with Gasteiger partial charge in [0.05, 0.1) is 6.54 Å². The van der Waals surface area contributed by atoms with E-state index in [0.717, 1.165) is 19.0 Å². The van der Waals surface area contributed by atoms with Crippen molar-refractivity contribution >= 4 is 5.91 Å². The molecule has 3 heteroatoms. The van der Waals surface area contributed by atoms with Crippen molar-refractivity contribution in [3.63, 3.8) is 0 Å². The zero-order valence-electron chi connectivity index (χ0n) is 9.38. The number of nitrogens with one attached hydrogen (secondary N) is 1. The molecule has 1 fully saturated rings. The van der Waals surface area contributed by atoms with E-state index in [1.807, 2.05) is 18.9 Å². The van der Waals surface area contributed by atoms with E-state index in [2.05, 4.69) is 5.32 Å². The summed E-state index contributed by atoms with van der Waals surface area (Å²) in [5.41, 5.74) is 0. The van der Waals surface area contributed by atoms with Crippen molar-refractivity contribution in [2.75, 3.05) is 26.7 Å². The van der Waals surface area contributed by atoms with Gasteiger partial charge in [0.2, 0.25) is 5.91 Å². The summed E-state index contributed by atoms with van der Waals surface area (Å²) in [6.45, 7) is 4.29. The molecule has 0 spiro atoms. The molecule has 0 saturated heterocycles. The second kappa shape index (κ2) is 6.02. The van der Waals surface area contributed by atoms with E-state index >= 15 is 0 Å². The number of hydrogen-bond donors (Lipinski definition) is 1. The molecule has 0 aromatic heterocycles. The highest BCUT2D eigenvalue weighted by Crippen LogP contribution is 2.29. The molecule has 1 aliphatic carbocycles. The van der Waals surface area contributed by atoms with Crippen molar-refractivity contribution in [2.24, 2.45) is 5.92 Å². The number of carbonyl (C=O) groups excluding carboxylic acids is 1. The third-order valence-electron chi connectivity index (χ3n) is 3.05. The van der Waals surface area contributed by atoms with Crippen molar-refractivity contribution in [2.45, 2.75) is 32.6 Å². The van der Waals surface area contributed by atoms with Gasteiger partial charge in [-0.3, -0.25) is 4.79 Å². The topological polar surface area (TPSA) is 32.3 Å². The second-order valence-corrected chi connectivity index (χ2v) is 4.18. The fraction of sp³-hybridized carbons (Fsp3) is 0.909. The number of carbonyl (C=O) groups is 1. The summed E-state index contributed by atoms with van der Waals surface area (Å²) in [5, 5.41) is 3.05. The van der Waals surface area contributed by atoms with Crippen LogP contribution in [0.15, 0.2) is 0 Å². The monoisotopic (exact) mass is 198 g/mol. The number of nitrogens with zero attached hydrogens (tertiary/aromatic N) is 1. The maximum absolute atomic E-state index is 11.5. The molecule has 1 saturated carbocycles. The van der Waals surface area contributed by atoms with E-state index in [1.54, 1.807) is 0 Å². The molecule has 1 rings (SSSR count). The largest absolute Gasteiger partial charge is 0.345 e. The lowest BCUT2D eigenvalue weighted by atomic mass is 9.83. The zero-order valence-corrected chi connectivity index (χ0v) is 9.38. The second-order valence-electron chi connectivity index (χ2n) is 4.18. The van der Waals surface area contributed by atoms with E-state index in [0.29, 0.717) is 6.54 Å². The third-order valence-corrected chi connectivity index (χ3v) is 3.05. The Bertz CT molecular complexity index is 178. The summed E-state index contributed by atoms with van der Waals surface area (Å²) in [6.07, 6.45) is 5.32. The molecular weight excluding hydrogens is 176 g/mol. The average molecular weight is 198 g/mol. The van der Waals surface area contributed by atoms with Crippen LogP contribution < -0.4 is 5.32 Å². The highest BCUT2D eigenvalue weighted by Gasteiger charge is 2.18. The first-order chi connectivity index (χ1) is 6.74. The van der Waals surface area contributed by atoms with Crippen LogP contribution in [0, 0.1) is 5.92 Å². The number of amides is 1. The summed E-state index contributed by atoms with van der Waals surface area (Å²) in [5.74, 6) is 1.11. The van der Waals surface area contributed by atoms with Gasteiger partial charge in [0, 0.05) is 13.6 Å². The van der Waals surface area contributed by atoms with Crippen molar-refractivity contribution in [3.8, 4) is 0 Å². The highest BCUT2D eigenvalue weighted by molar-refractivity contribution is 5.77. The van der Waals surface area contributed by atoms with Gasteiger partial charge in [-0.2, -0.15) is 0 Å². The molecule has 0 unspecified atom stereocenters. The minimum Gasteiger partial charge on any atom is -0.345 e. The highest BCUT2D eigenvalue weighted by atomic mass is 16.2. The van der Waals surface area contributed by atoms with Crippen molar-refractivity contribution in [1.29, 1.82) is 0 Å². The molecule has 0 bridgehead atoms. The average Bonchev–Trinajstić information content (AvgIpc) is 2.11. The molecule has 0 atom stereocenters. The van der Waals surface area contributed by atoms with Gasteiger partial charge in [-0.1, -0.05) is 26.2 Å². The number of rotatable bonds is 6. The molecule has 0 radical (unpaired) electrons. The quantitative estimate of drug-likeness (QED) is 0.696. The van der Waals surface area contributed by atoms with E-state index in [1.165, 1.54) is 25.7 Å². The number of likely N-dealkylation sites (N-methyl/N-ethyl adjacent to an activating group) is 2. The Kier molecular flexibility index (Phi) is 4.94. The van der Waals surface area contributed by atoms with Crippen LogP contribution in [0.3, 0.4) is 0 Å². The lowest BCUT2D eigenvalue weighted by molar-refractivity contribution is -0.129. The minimum absolute atomic E-state index is 0.214. The molecule has 1 amide bonds. The van der Waals surface area contributed by atoms with Crippen LogP contribution in [0.2, 0.25) is 0 Å². The van der Waals surface area contributed by atoms with E-state index in [9.17, 15) is 4.79 Å². The van der Waals surface area contributed by atoms with E-state index in [-0.39, 0.29) is 5.91 Å². The van der Waals surface area contributed by atoms with Gasteiger partial charge in [0.15, 0.2) is 0 Å². The molecule has 0 heterocycles. The van der Waals surface area contributed by atoms with Crippen LogP contribution in [0.1, 0.15) is 32.6 Å². The number of hydrogen-bond acceptors (Lipinski definition) is 2. The molecule has 82 valence electrons. The summed E-state index contributed by atoms with van der Waals surface area (Å²) in [4.78, 5) is 13.3. The summed E-state index contributed by atoms with van der Waals surface area (Å²) in [6, 6.07) is 0. The Morgan fingerprint density at radius 2 is 2.21 bits per heavy atom. The zero-order chi connectivity index (χ0) is 10.4. The first-order valence-electron chi connectivity index (χ1n) is 5.68. The molecule has 14 heavy (non-hydrogen) atoms. The van der Waals surface area contributed by atoms with Gasteiger partial charge >= 0.3 is 0 Å². The maximum atomic E-state index is 11.5. The summed E-state index contributed by atoms with van der Waals surface area (Å²) >= 11 is 0. The summed E-state index contributed by atoms with van der Waals surface area (Å²) in [7, 11) is 1.90. The summed E-state index contributed by atoms with van der Waals surface area (Å²) < 4.78 is 0. The SMILES string of the molecule is CCNCC(=O)N(C)CCC1CCC1. The fourth-order valence-corrected chi connectivity index (χ4v) is 1.65. The van der Waals surface area contributed by atoms with Gasteiger partial charge in [-0.25, -0.2) is 0 Å². The van der Waals surface area contributed by atoms with Crippen LogP contribution in [0.5, 0.6) is 0 Å². The fourth-order valence-electron chi connectivity index (χ4n) is 1.65. The molecule has 0 aliphatic heterocycles. The molecular formula is C11H22N2O. The van der Waals surface area contributed by atoms with Gasteiger partial charge in [0.1, 0.15) is 0 Å². The van der Waals surface area contributed by atoms with Gasteiger partial charge < -0.3 is 10.2 Å². The Labute approximate surface area is 86.9 Å². The maximum Gasteiger partial charge on any atom is 0.236 e. The van der Waals surface area contributed by atoms with Crippen molar-refractivity contribution < 1.29 is 4.79 Å². The van der Waals surface area contributed by atoms with Gasteiger partial charge in [-0.15, -0.1) is 0 Å². The van der Waals surface area contributed by atoms with Crippen LogP contribution >= 0.6 is 0 Å². The van der Waals surface area contributed by atoms with E-state index < -0.39 is 0 Å². The van der Waals surface area contributed by atoms with E-state index in [4.69, 9.17) is 0 Å². The molecule has 0 aromatic rings. The molecule has 1 N–H and O–H groups in total. The van der Waals surface area contributed by atoms with Crippen LogP contribution in [0.4, 0.5) is 0 Å².